The third-order valence-corrected chi connectivity index (χ3v) is 5.50. The van der Waals surface area contributed by atoms with Crippen LogP contribution in [0.2, 0.25) is 0 Å². The van der Waals surface area contributed by atoms with Crippen LogP contribution in [-0.2, 0) is 4.74 Å². The molecule has 17 heavy (non-hydrogen) atoms. The molecule has 2 fully saturated rings. The molecular formula is C16H22O. The molecule has 0 aromatic rings. The molecule has 0 aromatic carbocycles. The molecule has 6 atom stereocenters. The molecule has 92 valence electrons. The first-order valence-electron chi connectivity index (χ1n) is 7.33. The maximum Gasteiger partial charge on any atom is 0.0500 e. The Bertz CT molecular complexity index is 323. The maximum atomic E-state index is 6.04. The Hall–Kier alpha value is -0.560. The molecule has 0 aromatic heterocycles. The first-order chi connectivity index (χ1) is 8.38. The molecule has 1 nitrogen and oxygen atoms in total. The van der Waals surface area contributed by atoms with E-state index in [0.29, 0.717) is 0 Å². The Morgan fingerprint density at radius 2 is 1.24 bits per heavy atom. The van der Waals surface area contributed by atoms with E-state index in [2.05, 4.69) is 24.3 Å². The van der Waals surface area contributed by atoms with E-state index in [0.717, 1.165) is 48.7 Å². The fourth-order valence-corrected chi connectivity index (χ4v) is 4.54. The average Bonchev–Trinajstić information content (AvgIpc) is 3.09. The average molecular weight is 230 g/mol. The van der Waals surface area contributed by atoms with Gasteiger partial charge in [-0.25, -0.2) is 0 Å². The van der Waals surface area contributed by atoms with Crippen LogP contribution in [0.15, 0.2) is 24.3 Å². The van der Waals surface area contributed by atoms with Gasteiger partial charge < -0.3 is 4.74 Å². The summed E-state index contributed by atoms with van der Waals surface area (Å²) in [6.45, 7) is 2.03. The summed E-state index contributed by atoms with van der Waals surface area (Å²) in [6.07, 6.45) is 15.3. The predicted molar refractivity (Wildman–Crippen MR) is 68.5 cm³/mol. The molecule has 4 aliphatic rings. The van der Waals surface area contributed by atoms with Crippen molar-refractivity contribution in [2.45, 2.75) is 25.7 Å². The highest BCUT2D eigenvalue weighted by atomic mass is 16.5. The second-order valence-corrected chi connectivity index (χ2v) is 6.62. The monoisotopic (exact) mass is 230 g/mol. The molecule has 0 N–H and O–H groups in total. The largest absolute Gasteiger partial charge is 0.381 e. The fourth-order valence-electron chi connectivity index (χ4n) is 4.54. The summed E-state index contributed by atoms with van der Waals surface area (Å²) in [5.74, 6) is 5.14. The van der Waals surface area contributed by atoms with E-state index in [1.807, 2.05) is 0 Å². The predicted octanol–water partition coefficient (Wildman–Crippen LogP) is 3.43. The number of hydrogen-bond acceptors (Lipinski definition) is 1. The molecule has 0 saturated heterocycles. The van der Waals surface area contributed by atoms with Gasteiger partial charge in [0.15, 0.2) is 0 Å². The summed E-state index contributed by atoms with van der Waals surface area (Å²) < 4.78 is 6.04. The summed E-state index contributed by atoms with van der Waals surface area (Å²) in [7, 11) is 0. The molecule has 0 radical (unpaired) electrons. The zero-order valence-corrected chi connectivity index (χ0v) is 10.4. The summed E-state index contributed by atoms with van der Waals surface area (Å²) in [5.41, 5.74) is 0. The standard InChI is InChI=1S/C16H22O/c1-3-13-5-11(1)7-15(13)9-17-10-16-8-12-2-4-14(16)6-12/h1-4,11-16H,5-10H2/t11-,12-,13+,14+,15+,16+/m0/s1. The molecule has 0 heterocycles. The van der Waals surface area contributed by atoms with Gasteiger partial charge in [0, 0.05) is 13.2 Å². The van der Waals surface area contributed by atoms with Gasteiger partial charge in [-0.2, -0.15) is 0 Å². The van der Waals surface area contributed by atoms with Crippen LogP contribution in [0.25, 0.3) is 0 Å². The van der Waals surface area contributed by atoms with E-state index in [1.165, 1.54) is 25.7 Å². The van der Waals surface area contributed by atoms with E-state index in [4.69, 9.17) is 4.74 Å². The molecule has 2 saturated carbocycles. The first kappa shape index (κ1) is 10.4. The van der Waals surface area contributed by atoms with Gasteiger partial charge in [-0.15, -0.1) is 0 Å². The number of hydrogen-bond donors (Lipinski definition) is 0. The fraction of sp³-hybridized carbons (Fsp3) is 0.750. The normalized spacial score (nSPS) is 49.6. The van der Waals surface area contributed by atoms with Crippen molar-refractivity contribution in [3.8, 4) is 0 Å². The third-order valence-electron chi connectivity index (χ3n) is 5.50. The first-order valence-corrected chi connectivity index (χ1v) is 7.33. The van der Waals surface area contributed by atoms with Crippen molar-refractivity contribution < 1.29 is 4.74 Å². The molecule has 4 bridgehead atoms. The lowest BCUT2D eigenvalue weighted by atomic mass is 9.93. The Kier molecular flexibility index (Phi) is 2.43. The van der Waals surface area contributed by atoms with Gasteiger partial charge in [0.1, 0.15) is 0 Å². The molecule has 1 heteroatoms. The second kappa shape index (κ2) is 3.98. The van der Waals surface area contributed by atoms with Crippen LogP contribution in [0.4, 0.5) is 0 Å². The van der Waals surface area contributed by atoms with Crippen LogP contribution in [0.3, 0.4) is 0 Å². The molecule has 0 aliphatic heterocycles. The SMILES string of the molecule is C1=C[C@@H]2C[C@H]1C[C@@H]2COC[C@H]1C[C@H]2C=C[C@@H]1C2. The summed E-state index contributed by atoms with van der Waals surface area (Å²) in [5, 5.41) is 0. The highest BCUT2D eigenvalue weighted by molar-refractivity contribution is 5.11. The molecule has 0 unspecified atom stereocenters. The lowest BCUT2D eigenvalue weighted by Gasteiger charge is -2.22. The lowest BCUT2D eigenvalue weighted by Crippen LogP contribution is -2.20. The highest BCUT2D eigenvalue weighted by Crippen LogP contribution is 2.45. The van der Waals surface area contributed by atoms with E-state index in [9.17, 15) is 0 Å². The minimum Gasteiger partial charge on any atom is -0.381 e. The quantitative estimate of drug-likeness (QED) is 0.672. The van der Waals surface area contributed by atoms with Gasteiger partial charge in [0.2, 0.25) is 0 Å². The van der Waals surface area contributed by atoms with Crippen molar-refractivity contribution in [3.63, 3.8) is 0 Å². The van der Waals surface area contributed by atoms with E-state index < -0.39 is 0 Å². The van der Waals surface area contributed by atoms with Crippen LogP contribution < -0.4 is 0 Å². The molecule has 0 amide bonds. The summed E-state index contributed by atoms with van der Waals surface area (Å²) in [4.78, 5) is 0. The van der Waals surface area contributed by atoms with Crippen molar-refractivity contribution in [2.24, 2.45) is 35.5 Å². The molecule has 4 rings (SSSR count). The second-order valence-electron chi connectivity index (χ2n) is 6.62. The third kappa shape index (κ3) is 1.79. The van der Waals surface area contributed by atoms with Crippen molar-refractivity contribution in [1.82, 2.24) is 0 Å². The van der Waals surface area contributed by atoms with Crippen molar-refractivity contribution in [3.05, 3.63) is 24.3 Å². The van der Waals surface area contributed by atoms with Crippen molar-refractivity contribution in [2.75, 3.05) is 13.2 Å². The van der Waals surface area contributed by atoms with Gasteiger partial charge in [-0.1, -0.05) is 24.3 Å². The van der Waals surface area contributed by atoms with Crippen molar-refractivity contribution in [1.29, 1.82) is 0 Å². The minimum atomic E-state index is 0.833. The van der Waals surface area contributed by atoms with Gasteiger partial charge in [0.05, 0.1) is 0 Å². The lowest BCUT2D eigenvalue weighted by molar-refractivity contribution is 0.0579. The van der Waals surface area contributed by atoms with E-state index in [-0.39, 0.29) is 0 Å². The van der Waals surface area contributed by atoms with Gasteiger partial charge >= 0.3 is 0 Å². The van der Waals surface area contributed by atoms with Crippen LogP contribution in [0, 0.1) is 35.5 Å². The highest BCUT2D eigenvalue weighted by Gasteiger charge is 2.37. The topological polar surface area (TPSA) is 9.23 Å². The maximum absolute atomic E-state index is 6.04. The van der Waals surface area contributed by atoms with Crippen molar-refractivity contribution >= 4 is 0 Å². The number of allylic oxidation sites excluding steroid dienone is 4. The number of ether oxygens (including phenoxy) is 1. The van der Waals surface area contributed by atoms with E-state index >= 15 is 0 Å². The summed E-state index contributed by atoms with van der Waals surface area (Å²) >= 11 is 0. The van der Waals surface area contributed by atoms with E-state index in [1.54, 1.807) is 0 Å². The summed E-state index contributed by atoms with van der Waals surface area (Å²) in [6, 6.07) is 0. The minimum absolute atomic E-state index is 0.833. The van der Waals surface area contributed by atoms with Gasteiger partial charge in [0.25, 0.3) is 0 Å². The number of rotatable bonds is 4. The van der Waals surface area contributed by atoms with Gasteiger partial charge in [-0.05, 0) is 61.2 Å². The Morgan fingerprint density at radius 3 is 1.59 bits per heavy atom. The molecule has 0 spiro atoms. The van der Waals surface area contributed by atoms with Crippen LogP contribution in [0.5, 0.6) is 0 Å². The zero-order valence-electron chi connectivity index (χ0n) is 10.4. The van der Waals surface area contributed by atoms with Crippen LogP contribution >= 0.6 is 0 Å². The Balaban J connectivity index is 1.24. The Morgan fingerprint density at radius 1 is 0.706 bits per heavy atom. The smallest absolute Gasteiger partial charge is 0.0500 e. The Labute approximate surface area is 104 Å². The van der Waals surface area contributed by atoms with Gasteiger partial charge in [-0.3, -0.25) is 0 Å². The molecule has 4 aliphatic carbocycles. The zero-order chi connectivity index (χ0) is 11.2. The van der Waals surface area contributed by atoms with Crippen LogP contribution in [0.1, 0.15) is 25.7 Å². The van der Waals surface area contributed by atoms with Crippen LogP contribution in [-0.4, -0.2) is 13.2 Å². The number of fused-ring (bicyclic) bond motifs is 4. The molecular weight excluding hydrogens is 208 g/mol.